The third-order valence-corrected chi connectivity index (χ3v) is 5.79. The third kappa shape index (κ3) is 8.81. The van der Waals surface area contributed by atoms with Crippen LogP contribution in [0, 0.1) is 6.61 Å². The standard InChI is InChI=1S/C32H33O8/c1-22(33)24-13-9-15-26(17-24)38-20-29(35)40-31(2,3)21-39-32(4,5)28(34)19-37-27-16-10-14-25(18-27)30(36)23-11-7-6-8-12-23/h6-18,21H,19-20H2,1-5H3/q+1. The Bertz CT molecular complexity index is 1360. The Hall–Kier alpha value is -4.43. The summed E-state index contributed by atoms with van der Waals surface area (Å²) in [5, 5.41) is 0. The van der Waals surface area contributed by atoms with Gasteiger partial charge in [-0.25, -0.2) is 4.79 Å². The van der Waals surface area contributed by atoms with Crippen molar-refractivity contribution in [3.8, 4) is 11.5 Å². The molecular weight excluding hydrogens is 512 g/mol. The second-order valence-electron chi connectivity index (χ2n) is 10.1. The number of carbonyl (C=O) groups is 4. The monoisotopic (exact) mass is 545 g/mol. The maximum Gasteiger partial charge on any atom is 0.348 e. The number of hydrogen-bond donors (Lipinski definition) is 0. The van der Waals surface area contributed by atoms with Crippen LogP contribution in [0.3, 0.4) is 0 Å². The summed E-state index contributed by atoms with van der Waals surface area (Å²) in [7, 11) is 0. The van der Waals surface area contributed by atoms with Gasteiger partial charge in [0.2, 0.25) is 5.78 Å². The average Bonchev–Trinajstić information content (AvgIpc) is 2.94. The lowest BCUT2D eigenvalue weighted by atomic mass is 10.0. The molecule has 0 saturated heterocycles. The molecule has 0 spiro atoms. The van der Waals surface area contributed by atoms with Crippen LogP contribution >= 0.6 is 0 Å². The zero-order valence-electron chi connectivity index (χ0n) is 23.3. The quantitative estimate of drug-likeness (QED) is 0.150. The molecule has 0 N–H and O–H groups in total. The fourth-order valence-electron chi connectivity index (χ4n) is 3.45. The number of ketones is 3. The van der Waals surface area contributed by atoms with Crippen molar-refractivity contribution in [1.82, 2.24) is 0 Å². The van der Waals surface area contributed by atoms with Crippen LogP contribution < -0.4 is 9.47 Å². The highest BCUT2D eigenvalue weighted by Gasteiger charge is 2.41. The van der Waals surface area contributed by atoms with Gasteiger partial charge in [-0.2, -0.15) is 4.74 Å². The summed E-state index contributed by atoms with van der Waals surface area (Å²) in [4.78, 5) is 49.4. The fourth-order valence-corrected chi connectivity index (χ4v) is 3.45. The van der Waals surface area contributed by atoms with Gasteiger partial charge < -0.3 is 14.2 Å². The lowest BCUT2D eigenvalue weighted by Gasteiger charge is -2.22. The Balaban J connectivity index is 1.48. The van der Waals surface area contributed by atoms with Crippen LogP contribution in [0.5, 0.6) is 11.5 Å². The first kappa shape index (κ1) is 30.1. The molecule has 3 rings (SSSR count). The second kappa shape index (κ2) is 13.1. The van der Waals surface area contributed by atoms with Crippen LogP contribution in [-0.2, 0) is 19.1 Å². The summed E-state index contributed by atoms with van der Waals surface area (Å²) in [6, 6.07) is 22.0. The molecule has 0 bridgehead atoms. The van der Waals surface area contributed by atoms with Gasteiger partial charge in [0.25, 0.3) is 12.2 Å². The molecule has 0 aliphatic carbocycles. The van der Waals surface area contributed by atoms with E-state index in [4.69, 9.17) is 18.9 Å². The second-order valence-corrected chi connectivity index (χ2v) is 10.1. The lowest BCUT2D eigenvalue weighted by Crippen LogP contribution is -2.41. The van der Waals surface area contributed by atoms with E-state index in [1.807, 2.05) is 6.07 Å². The van der Waals surface area contributed by atoms with Crippen LogP contribution in [0.15, 0.2) is 78.9 Å². The minimum atomic E-state index is -1.29. The van der Waals surface area contributed by atoms with Crippen molar-refractivity contribution in [2.75, 3.05) is 13.2 Å². The van der Waals surface area contributed by atoms with Gasteiger partial charge in [-0.1, -0.05) is 54.6 Å². The maximum absolute atomic E-state index is 12.9. The first-order chi connectivity index (χ1) is 18.9. The number of ether oxygens (including phenoxy) is 4. The normalized spacial score (nSPS) is 11.3. The molecule has 0 atom stereocenters. The van der Waals surface area contributed by atoms with Gasteiger partial charge in [0.1, 0.15) is 18.1 Å². The molecule has 0 amide bonds. The van der Waals surface area contributed by atoms with Crippen molar-refractivity contribution >= 4 is 23.3 Å². The van der Waals surface area contributed by atoms with Crippen LogP contribution in [0.25, 0.3) is 0 Å². The SMILES string of the molecule is CC(=O)c1cccc(OCC(=O)OC(C)(C)[CH+]OC(C)(C)C(=O)COc2cccc(C(=O)c3ccccc3)c2)c1. The molecule has 208 valence electrons. The van der Waals surface area contributed by atoms with E-state index in [0.717, 1.165) is 0 Å². The smallest absolute Gasteiger partial charge is 0.348 e. The highest BCUT2D eigenvalue weighted by atomic mass is 16.6. The topological polar surface area (TPSA) is 105 Å². The molecule has 8 heteroatoms. The van der Waals surface area contributed by atoms with Gasteiger partial charge in [-0.05, 0) is 45.0 Å². The highest BCUT2D eigenvalue weighted by Crippen LogP contribution is 2.23. The molecule has 3 aromatic rings. The summed E-state index contributed by atoms with van der Waals surface area (Å²) < 4.78 is 22.2. The summed E-state index contributed by atoms with van der Waals surface area (Å²) in [6.45, 7) is 8.41. The Morgan fingerprint density at radius 1 is 0.700 bits per heavy atom. The predicted molar refractivity (Wildman–Crippen MR) is 148 cm³/mol. The van der Waals surface area contributed by atoms with Crippen LogP contribution in [0.1, 0.15) is 60.9 Å². The lowest BCUT2D eigenvalue weighted by molar-refractivity contribution is -0.164. The Kier molecular flexibility index (Phi) is 9.85. The molecule has 0 unspecified atom stereocenters. The van der Waals surface area contributed by atoms with E-state index in [1.54, 1.807) is 100 Å². The zero-order chi connectivity index (χ0) is 29.3. The van der Waals surface area contributed by atoms with Crippen molar-refractivity contribution in [1.29, 1.82) is 0 Å². The van der Waals surface area contributed by atoms with E-state index in [2.05, 4.69) is 0 Å². The minimum Gasteiger partial charge on any atom is -0.486 e. The number of carbonyl (C=O) groups excluding carboxylic acids is 4. The van der Waals surface area contributed by atoms with Crippen LogP contribution in [0.4, 0.5) is 0 Å². The molecular formula is C32H33O8+. The molecule has 3 aromatic carbocycles. The average molecular weight is 546 g/mol. The van der Waals surface area contributed by atoms with Gasteiger partial charge in [-0.3, -0.25) is 14.4 Å². The summed E-state index contributed by atoms with van der Waals surface area (Å²) in [6.07, 6.45) is 0. The summed E-state index contributed by atoms with van der Waals surface area (Å²) >= 11 is 0. The Labute approximate surface area is 234 Å². The minimum absolute atomic E-state index is 0.116. The number of Topliss-reactive ketones (excluding diaryl/α,β-unsaturated/α-hetero) is 2. The highest BCUT2D eigenvalue weighted by molar-refractivity contribution is 6.09. The maximum atomic E-state index is 12.9. The number of hydrogen-bond acceptors (Lipinski definition) is 8. The molecule has 0 radical (unpaired) electrons. The summed E-state index contributed by atoms with van der Waals surface area (Å²) in [5.41, 5.74) is -0.995. The van der Waals surface area contributed by atoms with Gasteiger partial charge in [0.15, 0.2) is 23.8 Å². The first-order valence-corrected chi connectivity index (χ1v) is 12.7. The fraction of sp³-hybridized carbons (Fsp3) is 0.281. The van der Waals surface area contributed by atoms with E-state index in [9.17, 15) is 19.2 Å². The van der Waals surface area contributed by atoms with E-state index in [-0.39, 0.29) is 30.6 Å². The van der Waals surface area contributed by atoms with Crippen molar-refractivity contribution in [3.05, 3.63) is 102 Å². The Morgan fingerprint density at radius 3 is 1.88 bits per heavy atom. The van der Waals surface area contributed by atoms with Crippen molar-refractivity contribution < 1.29 is 38.1 Å². The van der Waals surface area contributed by atoms with Gasteiger partial charge in [0, 0.05) is 30.5 Å². The van der Waals surface area contributed by atoms with Crippen LogP contribution in [-0.4, -0.2) is 47.7 Å². The molecule has 0 heterocycles. The van der Waals surface area contributed by atoms with Gasteiger partial charge in [0.05, 0.1) is 0 Å². The van der Waals surface area contributed by atoms with Gasteiger partial charge >= 0.3 is 5.97 Å². The van der Waals surface area contributed by atoms with E-state index in [0.29, 0.717) is 28.2 Å². The first-order valence-electron chi connectivity index (χ1n) is 12.7. The van der Waals surface area contributed by atoms with Gasteiger partial charge in [-0.15, -0.1) is 0 Å². The summed E-state index contributed by atoms with van der Waals surface area (Å²) in [5.74, 6) is -0.547. The van der Waals surface area contributed by atoms with Crippen molar-refractivity contribution in [3.63, 3.8) is 0 Å². The molecule has 0 aliphatic heterocycles. The van der Waals surface area contributed by atoms with Crippen molar-refractivity contribution in [2.45, 2.75) is 45.8 Å². The molecule has 0 saturated carbocycles. The number of benzene rings is 3. The zero-order valence-corrected chi connectivity index (χ0v) is 23.3. The Morgan fingerprint density at radius 2 is 1.25 bits per heavy atom. The van der Waals surface area contributed by atoms with E-state index < -0.39 is 17.2 Å². The molecule has 40 heavy (non-hydrogen) atoms. The van der Waals surface area contributed by atoms with Crippen molar-refractivity contribution in [2.24, 2.45) is 0 Å². The third-order valence-electron chi connectivity index (χ3n) is 5.79. The molecule has 8 nitrogen and oxygen atoms in total. The predicted octanol–water partition coefficient (Wildman–Crippen LogP) is 5.43. The molecule has 0 aromatic heterocycles. The molecule has 0 fully saturated rings. The number of esters is 1. The number of rotatable bonds is 14. The van der Waals surface area contributed by atoms with E-state index >= 15 is 0 Å². The van der Waals surface area contributed by atoms with Crippen LogP contribution in [0.2, 0.25) is 0 Å². The van der Waals surface area contributed by atoms with E-state index in [1.165, 1.54) is 13.5 Å². The largest absolute Gasteiger partial charge is 0.486 e. The molecule has 0 aliphatic rings.